The number of aliphatic imine (C=N–C) groups is 1. The van der Waals surface area contributed by atoms with E-state index in [0.717, 1.165) is 40.9 Å². The fourth-order valence-electron chi connectivity index (χ4n) is 2.53. The van der Waals surface area contributed by atoms with Gasteiger partial charge in [0.25, 0.3) is 0 Å². The van der Waals surface area contributed by atoms with E-state index in [1.807, 2.05) is 48.3 Å². The number of nitrogens with one attached hydrogen (secondary N) is 2. The van der Waals surface area contributed by atoms with Crippen LogP contribution in [0.3, 0.4) is 0 Å². The Morgan fingerprint density at radius 1 is 1.21 bits per heavy atom. The lowest BCUT2D eigenvalue weighted by Crippen LogP contribution is -2.37. The van der Waals surface area contributed by atoms with Crippen LogP contribution >= 0.6 is 46.9 Å². The van der Waals surface area contributed by atoms with Gasteiger partial charge in [-0.25, -0.2) is 9.67 Å². The van der Waals surface area contributed by atoms with E-state index in [4.69, 9.17) is 11.6 Å². The Bertz CT molecular complexity index is 899. The second-order valence-corrected chi connectivity index (χ2v) is 7.85. The highest BCUT2D eigenvalue weighted by molar-refractivity contribution is 14.0. The molecule has 0 saturated carbocycles. The van der Waals surface area contributed by atoms with Gasteiger partial charge in [-0.05, 0) is 38.1 Å². The quantitative estimate of drug-likeness (QED) is 0.286. The average Bonchev–Trinajstić information content (AvgIpc) is 3.25. The number of aryl methyl sites for hydroxylation is 2. The normalized spacial score (nSPS) is 11.2. The molecule has 0 fully saturated rings. The minimum atomic E-state index is 0. The summed E-state index contributed by atoms with van der Waals surface area (Å²) in [5.41, 5.74) is 3.16. The van der Waals surface area contributed by atoms with Crippen molar-refractivity contribution in [1.29, 1.82) is 0 Å². The third-order valence-electron chi connectivity index (χ3n) is 4.11. The van der Waals surface area contributed by atoms with Crippen molar-refractivity contribution in [3.63, 3.8) is 0 Å². The molecule has 2 aromatic heterocycles. The minimum absolute atomic E-state index is 0. The van der Waals surface area contributed by atoms with Crippen molar-refractivity contribution in [3.8, 4) is 5.69 Å². The summed E-state index contributed by atoms with van der Waals surface area (Å²) in [6.45, 7) is 5.58. The van der Waals surface area contributed by atoms with Crippen molar-refractivity contribution in [1.82, 2.24) is 25.4 Å². The van der Waals surface area contributed by atoms with Gasteiger partial charge in [-0.3, -0.25) is 4.99 Å². The fourth-order valence-corrected chi connectivity index (χ4v) is 3.59. The van der Waals surface area contributed by atoms with E-state index in [1.165, 1.54) is 4.88 Å². The van der Waals surface area contributed by atoms with E-state index in [1.54, 1.807) is 18.4 Å². The second kappa shape index (κ2) is 10.8. The van der Waals surface area contributed by atoms with Crippen molar-refractivity contribution in [2.24, 2.45) is 4.99 Å². The van der Waals surface area contributed by atoms with Crippen LogP contribution in [0.1, 0.15) is 21.1 Å². The lowest BCUT2D eigenvalue weighted by atomic mass is 10.3. The maximum Gasteiger partial charge on any atom is 0.191 e. The first-order valence-corrected chi connectivity index (χ1v) is 9.91. The smallest absolute Gasteiger partial charge is 0.191 e. The summed E-state index contributed by atoms with van der Waals surface area (Å²) in [6, 6.07) is 7.59. The molecule has 1 aromatic carbocycles. The highest BCUT2D eigenvalue weighted by Gasteiger charge is 2.05. The Kier molecular flexibility index (Phi) is 8.71. The van der Waals surface area contributed by atoms with Crippen molar-refractivity contribution in [2.45, 2.75) is 26.8 Å². The first kappa shape index (κ1) is 22.6. The highest BCUT2D eigenvalue weighted by Crippen LogP contribution is 2.16. The van der Waals surface area contributed by atoms with Crippen molar-refractivity contribution in [3.05, 3.63) is 62.8 Å². The van der Waals surface area contributed by atoms with E-state index in [2.05, 4.69) is 32.6 Å². The van der Waals surface area contributed by atoms with Gasteiger partial charge in [-0.1, -0.05) is 11.6 Å². The number of hydrogen-bond donors (Lipinski definition) is 2. The van der Waals surface area contributed by atoms with Gasteiger partial charge in [-0.2, -0.15) is 5.10 Å². The molecule has 2 N–H and O–H groups in total. The number of nitrogens with zero attached hydrogens (tertiary/aromatic N) is 4. The molecule has 0 spiro atoms. The minimum Gasteiger partial charge on any atom is -0.356 e. The first-order chi connectivity index (χ1) is 13.0. The van der Waals surface area contributed by atoms with Crippen LogP contribution in [0.5, 0.6) is 0 Å². The molecular weight excluding hydrogens is 507 g/mol. The summed E-state index contributed by atoms with van der Waals surface area (Å²) in [6.07, 6.45) is 4.72. The summed E-state index contributed by atoms with van der Waals surface area (Å²) >= 11 is 7.69. The molecule has 0 aliphatic heterocycles. The number of rotatable bonds is 6. The standard InChI is InChI=1S/C19H23ClN6S.HI/c1-13-14(2)27-18(25-13)8-9-22-19(21-3)23-10-15-11-24-26(12-15)17-6-4-16(20)5-7-17;/h4-7,11-12H,8-10H2,1-3H3,(H2,21,22,23);1H. The lowest BCUT2D eigenvalue weighted by molar-refractivity contribution is 0.790. The zero-order valence-corrected chi connectivity index (χ0v) is 20.0. The first-order valence-electron chi connectivity index (χ1n) is 8.72. The van der Waals surface area contributed by atoms with Gasteiger partial charge in [-0.15, -0.1) is 35.3 Å². The molecule has 0 unspecified atom stereocenters. The van der Waals surface area contributed by atoms with Crippen LogP contribution in [0.25, 0.3) is 5.69 Å². The van der Waals surface area contributed by atoms with Gasteiger partial charge in [0.05, 0.1) is 22.6 Å². The molecule has 9 heteroatoms. The van der Waals surface area contributed by atoms with Crippen LogP contribution in [0.2, 0.25) is 5.02 Å². The largest absolute Gasteiger partial charge is 0.356 e. The Morgan fingerprint density at radius 2 is 1.96 bits per heavy atom. The summed E-state index contributed by atoms with van der Waals surface area (Å²) in [4.78, 5) is 10.1. The van der Waals surface area contributed by atoms with Gasteiger partial charge in [0.15, 0.2) is 5.96 Å². The molecule has 0 saturated heterocycles. The van der Waals surface area contributed by atoms with Crippen molar-refractivity contribution in [2.75, 3.05) is 13.6 Å². The number of halogens is 2. The van der Waals surface area contributed by atoms with E-state index in [-0.39, 0.29) is 24.0 Å². The van der Waals surface area contributed by atoms with Crippen LogP contribution in [-0.2, 0) is 13.0 Å². The second-order valence-electron chi connectivity index (χ2n) is 6.12. The topological polar surface area (TPSA) is 67.1 Å². The number of thiazole rings is 1. The van der Waals surface area contributed by atoms with Crippen molar-refractivity contribution < 1.29 is 0 Å². The van der Waals surface area contributed by atoms with Crippen LogP contribution in [0.4, 0.5) is 0 Å². The average molecular weight is 531 g/mol. The molecule has 3 aromatic rings. The number of aromatic nitrogens is 3. The van der Waals surface area contributed by atoms with Gasteiger partial charge in [0.1, 0.15) is 0 Å². The molecule has 2 heterocycles. The predicted octanol–water partition coefficient (Wildman–Crippen LogP) is 4.12. The number of guanidine groups is 1. The molecule has 0 aliphatic carbocycles. The fraction of sp³-hybridized carbons (Fsp3) is 0.316. The van der Waals surface area contributed by atoms with Crippen LogP contribution in [-0.4, -0.2) is 34.3 Å². The van der Waals surface area contributed by atoms with Gasteiger partial charge in [0, 0.05) is 48.2 Å². The molecule has 0 atom stereocenters. The maximum atomic E-state index is 5.93. The Hall–Kier alpha value is -1.65. The zero-order chi connectivity index (χ0) is 19.2. The molecular formula is C19H24ClIN6S. The summed E-state index contributed by atoms with van der Waals surface area (Å²) in [5, 5.41) is 12.9. The predicted molar refractivity (Wildman–Crippen MR) is 127 cm³/mol. The van der Waals surface area contributed by atoms with E-state index < -0.39 is 0 Å². The van der Waals surface area contributed by atoms with Gasteiger partial charge in [0.2, 0.25) is 0 Å². The third-order valence-corrected chi connectivity index (χ3v) is 5.50. The molecule has 0 radical (unpaired) electrons. The summed E-state index contributed by atoms with van der Waals surface area (Å²) < 4.78 is 1.83. The zero-order valence-electron chi connectivity index (χ0n) is 16.1. The monoisotopic (exact) mass is 530 g/mol. The SMILES string of the molecule is CN=C(NCCc1nc(C)c(C)s1)NCc1cnn(-c2ccc(Cl)cc2)c1.I. The number of benzene rings is 1. The van der Waals surface area contributed by atoms with Gasteiger partial charge < -0.3 is 10.6 Å². The Balaban J connectivity index is 0.00000280. The summed E-state index contributed by atoms with van der Waals surface area (Å²) in [7, 11) is 1.77. The molecule has 0 aliphatic rings. The molecule has 150 valence electrons. The Morgan fingerprint density at radius 3 is 2.61 bits per heavy atom. The molecule has 0 amide bonds. The highest BCUT2D eigenvalue weighted by atomic mass is 127. The van der Waals surface area contributed by atoms with Crippen LogP contribution < -0.4 is 10.6 Å². The van der Waals surface area contributed by atoms with Crippen molar-refractivity contribution >= 4 is 52.9 Å². The van der Waals surface area contributed by atoms with Crippen LogP contribution in [0, 0.1) is 13.8 Å². The molecule has 0 bridgehead atoms. The van der Waals surface area contributed by atoms with Crippen LogP contribution in [0.15, 0.2) is 41.7 Å². The Labute approximate surface area is 191 Å². The molecule has 3 rings (SSSR count). The van der Waals surface area contributed by atoms with Gasteiger partial charge >= 0.3 is 0 Å². The molecule has 28 heavy (non-hydrogen) atoms. The maximum absolute atomic E-state index is 5.93. The van der Waals surface area contributed by atoms with E-state index in [0.29, 0.717) is 11.6 Å². The summed E-state index contributed by atoms with van der Waals surface area (Å²) in [5.74, 6) is 0.763. The third kappa shape index (κ3) is 6.18. The lowest BCUT2D eigenvalue weighted by Gasteiger charge is -2.10. The molecule has 6 nitrogen and oxygen atoms in total. The van der Waals surface area contributed by atoms with E-state index >= 15 is 0 Å². The van der Waals surface area contributed by atoms with E-state index in [9.17, 15) is 0 Å². The number of hydrogen-bond acceptors (Lipinski definition) is 4.